The van der Waals surface area contributed by atoms with Crippen LogP contribution in [0.15, 0.2) is 24.8 Å². The van der Waals surface area contributed by atoms with Crippen molar-refractivity contribution in [3.05, 3.63) is 24.8 Å². The number of hydrogen-bond donors (Lipinski definition) is 1. The molecule has 0 fully saturated rings. The molecule has 0 saturated heterocycles. The molecule has 0 aliphatic carbocycles. The van der Waals surface area contributed by atoms with Crippen molar-refractivity contribution in [2.75, 3.05) is 13.2 Å². The number of carbonyl (C=O) groups excluding carboxylic acids is 2. The number of esters is 2. The van der Waals surface area contributed by atoms with Crippen LogP contribution in [0.2, 0.25) is 0 Å². The van der Waals surface area contributed by atoms with E-state index in [0.717, 1.165) is 38.5 Å². The van der Waals surface area contributed by atoms with E-state index in [2.05, 4.69) is 20.1 Å². The van der Waals surface area contributed by atoms with Gasteiger partial charge in [-0.25, -0.2) is 4.79 Å². The van der Waals surface area contributed by atoms with Crippen molar-refractivity contribution in [1.29, 1.82) is 0 Å². The fourth-order valence-electron chi connectivity index (χ4n) is 2.89. The van der Waals surface area contributed by atoms with Crippen molar-refractivity contribution in [3.63, 3.8) is 0 Å². The van der Waals surface area contributed by atoms with Crippen LogP contribution in [-0.2, 0) is 19.1 Å². The summed E-state index contributed by atoms with van der Waals surface area (Å²) in [5.41, 5.74) is 0.426. The number of ether oxygens (including phenoxy) is 2. The fraction of sp³-hybridized carbons (Fsp3) is 0.750. The molecule has 0 bridgehead atoms. The van der Waals surface area contributed by atoms with Crippen molar-refractivity contribution in [2.45, 2.75) is 103 Å². The number of aliphatic hydroxyl groups excluding tert-OH is 1. The van der Waals surface area contributed by atoms with Crippen molar-refractivity contribution >= 4 is 11.9 Å². The van der Waals surface area contributed by atoms with Gasteiger partial charge in [0.15, 0.2) is 0 Å². The maximum atomic E-state index is 11.8. The van der Waals surface area contributed by atoms with E-state index < -0.39 is 12.1 Å². The summed E-state index contributed by atoms with van der Waals surface area (Å²) in [6, 6.07) is 0. The lowest BCUT2D eigenvalue weighted by Gasteiger charge is -2.13. The summed E-state index contributed by atoms with van der Waals surface area (Å²) in [7, 11) is 0. The quantitative estimate of drug-likeness (QED) is 0.121. The van der Waals surface area contributed by atoms with Crippen LogP contribution in [0.25, 0.3) is 0 Å². The minimum atomic E-state index is -1.01. The average molecular weight is 411 g/mol. The molecule has 1 unspecified atom stereocenters. The monoisotopic (exact) mass is 410 g/mol. The van der Waals surface area contributed by atoms with Gasteiger partial charge in [0.1, 0.15) is 19.3 Å². The third kappa shape index (κ3) is 18.2. The Kier molecular flexibility index (Phi) is 18.6. The van der Waals surface area contributed by atoms with Gasteiger partial charge in [0, 0.05) is 12.0 Å². The van der Waals surface area contributed by atoms with Gasteiger partial charge in [-0.2, -0.15) is 0 Å². The zero-order valence-corrected chi connectivity index (χ0v) is 18.5. The topological polar surface area (TPSA) is 72.8 Å². The summed E-state index contributed by atoms with van der Waals surface area (Å²) in [6.45, 7) is 9.27. The summed E-state index contributed by atoms with van der Waals surface area (Å²) in [5.74, 6) is -0.808. The maximum absolute atomic E-state index is 11.8. The van der Waals surface area contributed by atoms with Gasteiger partial charge in [0.2, 0.25) is 0 Å². The molecule has 1 atom stereocenters. The third-order valence-corrected chi connectivity index (χ3v) is 4.75. The molecule has 0 heterocycles. The molecule has 1 N–H and O–H groups in total. The van der Waals surface area contributed by atoms with Crippen LogP contribution < -0.4 is 0 Å². The number of hydrogen-bond acceptors (Lipinski definition) is 5. The van der Waals surface area contributed by atoms with Crippen molar-refractivity contribution in [2.24, 2.45) is 0 Å². The lowest BCUT2D eigenvalue weighted by Crippen LogP contribution is -2.25. The van der Waals surface area contributed by atoms with Gasteiger partial charge >= 0.3 is 11.9 Å². The summed E-state index contributed by atoms with van der Waals surface area (Å²) in [5, 5.41) is 9.82. The van der Waals surface area contributed by atoms with Crippen LogP contribution in [0.5, 0.6) is 0 Å². The first-order chi connectivity index (χ1) is 14.0. The van der Waals surface area contributed by atoms with Gasteiger partial charge < -0.3 is 14.6 Å². The molecule has 0 spiro atoms. The standard InChI is InChI=1S/C24H42O5/c1-4-6-8-10-11-12-14-16-18-23(26)28-19-22(25)20-29-24(27)21(3)17-15-13-9-7-5-2/h4,22,25H,1,3,5-20H2,2H3. The molecule has 0 saturated carbocycles. The first-order valence-electron chi connectivity index (χ1n) is 11.3. The second kappa shape index (κ2) is 19.7. The molecule has 5 heteroatoms. The average Bonchev–Trinajstić information content (AvgIpc) is 2.72. The molecule has 29 heavy (non-hydrogen) atoms. The normalized spacial score (nSPS) is 11.7. The maximum Gasteiger partial charge on any atom is 0.333 e. The molecule has 0 rings (SSSR count). The highest BCUT2D eigenvalue weighted by molar-refractivity contribution is 5.87. The Bertz CT molecular complexity index is 458. The number of allylic oxidation sites excluding steroid dienone is 1. The van der Waals surface area contributed by atoms with E-state index in [4.69, 9.17) is 9.47 Å². The molecule has 168 valence electrons. The Labute approximate surface area is 177 Å². The van der Waals surface area contributed by atoms with Crippen LogP contribution in [-0.4, -0.2) is 36.4 Å². The van der Waals surface area contributed by atoms with Gasteiger partial charge in [-0.1, -0.05) is 70.9 Å². The Morgan fingerprint density at radius 1 is 0.862 bits per heavy atom. The van der Waals surface area contributed by atoms with Crippen LogP contribution in [0.4, 0.5) is 0 Å². The molecular formula is C24H42O5. The van der Waals surface area contributed by atoms with Gasteiger partial charge in [-0.3, -0.25) is 4.79 Å². The predicted molar refractivity (Wildman–Crippen MR) is 118 cm³/mol. The largest absolute Gasteiger partial charge is 0.463 e. The Morgan fingerprint density at radius 3 is 2.07 bits per heavy atom. The minimum absolute atomic E-state index is 0.156. The minimum Gasteiger partial charge on any atom is -0.463 e. The van der Waals surface area contributed by atoms with Crippen LogP contribution in [0, 0.1) is 0 Å². The SMILES string of the molecule is C=CCCCCCCCCC(=O)OCC(O)COC(=O)C(=C)CCCCCCC. The molecule has 0 aromatic carbocycles. The summed E-state index contributed by atoms with van der Waals surface area (Å²) >= 11 is 0. The molecule has 0 aromatic heterocycles. The number of rotatable bonds is 20. The van der Waals surface area contributed by atoms with Gasteiger partial charge in [-0.15, -0.1) is 6.58 Å². The highest BCUT2D eigenvalue weighted by Gasteiger charge is 2.14. The lowest BCUT2D eigenvalue weighted by atomic mass is 10.1. The van der Waals surface area contributed by atoms with E-state index in [1.807, 2.05) is 6.08 Å². The second-order valence-corrected chi connectivity index (χ2v) is 7.65. The van der Waals surface area contributed by atoms with Gasteiger partial charge in [0.25, 0.3) is 0 Å². The Hall–Kier alpha value is -1.62. The summed E-state index contributed by atoms with van der Waals surface area (Å²) in [4.78, 5) is 23.5. The van der Waals surface area contributed by atoms with Crippen molar-refractivity contribution in [1.82, 2.24) is 0 Å². The van der Waals surface area contributed by atoms with E-state index in [1.165, 1.54) is 38.5 Å². The first-order valence-corrected chi connectivity index (χ1v) is 11.3. The number of unbranched alkanes of at least 4 members (excludes halogenated alkanes) is 10. The molecule has 0 aliphatic rings. The molecule has 5 nitrogen and oxygen atoms in total. The third-order valence-electron chi connectivity index (χ3n) is 4.75. The van der Waals surface area contributed by atoms with E-state index in [9.17, 15) is 14.7 Å². The van der Waals surface area contributed by atoms with Crippen molar-refractivity contribution < 1.29 is 24.2 Å². The molecule has 0 aliphatic heterocycles. The van der Waals surface area contributed by atoms with Crippen molar-refractivity contribution in [3.8, 4) is 0 Å². The van der Waals surface area contributed by atoms with E-state index in [0.29, 0.717) is 18.4 Å². The van der Waals surface area contributed by atoms with Crippen LogP contribution >= 0.6 is 0 Å². The Balaban J connectivity index is 3.64. The van der Waals surface area contributed by atoms with E-state index in [-0.39, 0.29) is 19.2 Å². The summed E-state index contributed by atoms with van der Waals surface area (Å²) < 4.78 is 10.1. The summed E-state index contributed by atoms with van der Waals surface area (Å²) in [6.07, 6.45) is 15.0. The molecule has 0 aromatic rings. The highest BCUT2D eigenvalue weighted by Crippen LogP contribution is 2.11. The number of aliphatic hydroxyl groups is 1. The van der Waals surface area contributed by atoms with Crippen LogP contribution in [0.1, 0.15) is 96.8 Å². The smallest absolute Gasteiger partial charge is 0.333 e. The Morgan fingerprint density at radius 2 is 1.41 bits per heavy atom. The lowest BCUT2D eigenvalue weighted by molar-refractivity contribution is -0.150. The fourth-order valence-corrected chi connectivity index (χ4v) is 2.89. The molecular weight excluding hydrogens is 368 g/mol. The second-order valence-electron chi connectivity index (χ2n) is 7.65. The van der Waals surface area contributed by atoms with Crippen LogP contribution in [0.3, 0.4) is 0 Å². The van der Waals surface area contributed by atoms with Gasteiger partial charge in [0.05, 0.1) is 0 Å². The van der Waals surface area contributed by atoms with Gasteiger partial charge in [-0.05, 0) is 32.1 Å². The number of carbonyl (C=O) groups is 2. The molecule has 0 amide bonds. The molecule has 0 radical (unpaired) electrons. The highest BCUT2D eigenvalue weighted by atomic mass is 16.6. The van der Waals surface area contributed by atoms with E-state index >= 15 is 0 Å². The first kappa shape index (κ1) is 27.4. The zero-order valence-electron chi connectivity index (χ0n) is 18.5. The predicted octanol–water partition coefficient (Wildman–Crippen LogP) is 5.66. The van der Waals surface area contributed by atoms with E-state index in [1.54, 1.807) is 0 Å². The zero-order chi connectivity index (χ0) is 21.7.